The Morgan fingerprint density at radius 3 is 2.57 bits per heavy atom. The number of likely N-dealkylation sites (tertiary alicyclic amines) is 1. The maximum Gasteiger partial charge on any atom is 0.0984 e. The lowest BCUT2D eigenvalue weighted by Gasteiger charge is -2.38. The Labute approximate surface area is 87.6 Å². The highest BCUT2D eigenvalue weighted by molar-refractivity contribution is 5.81. The van der Waals surface area contributed by atoms with Gasteiger partial charge in [0.05, 0.1) is 5.84 Å². The zero-order valence-corrected chi connectivity index (χ0v) is 9.88. The van der Waals surface area contributed by atoms with Gasteiger partial charge in [-0.3, -0.25) is 5.41 Å². The van der Waals surface area contributed by atoms with E-state index in [1.807, 2.05) is 0 Å². The fourth-order valence-corrected chi connectivity index (χ4v) is 1.96. The summed E-state index contributed by atoms with van der Waals surface area (Å²) in [6.07, 6.45) is 2.49. The Kier molecular flexibility index (Phi) is 3.93. The molecule has 1 atom stereocenters. The Bertz CT molecular complexity index is 199. The third-order valence-corrected chi connectivity index (χ3v) is 3.01. The Morgan fingerprint density at radius 2 is 2.07 bits per heavy atom. The van der Waals surface area contributed by atoms with Gasteiger partial charge < -0.3 is 9.80 Å². The van der Waals surface area contributed by atoms with Crippen molar-refractivity contribution in [3.05, 3.63) is 0 Å². The minimum absolute atomic E-state index is 0.357. The smallest absolute Gasteiger partial charge is 0.0984 e. The number of hydrogen-bond acceptors (Lipinski definition) is 2. The van der Waals surface area contributed by atoms with Crippen molar-refractivity contribution >= 4 is 5.84 Å². The maximum absolute atomic E-state index is 7.98. The number of hydrogen-bond donors (Lipinski definition) is 1. The van der Waals surface area contributed by atoms with Crippen LogP contribution in [0.2, 0.25) is 0 Å². The maximum atomic E-state index is 7.98. The Morgan fingerprint density at radius 1 is 1.43 bits per heavy atom. The molecule has 82 valence electrons. The van der Waals surface area contributed by atoms with Gasteiger partial charge in [-0.1, -0.05) is 13.8 Å². The number of amidine groups is 1. The lowest BCUT2D eigenvalue weighted by Crippen LogP contribution is -2.48. The van der Waals surface area contributed by atoms with E-state index >= 15 is 0 Å². The molecule has 3 nitrogen and oxygen atoms in total. The predicted octanol–water partition coefficient (Wildman–Crippen LogP) is 1.65. The van der Waals surface area contributed by atoms with Crippen molar-refractivity contribution in [1.82, 2.24) is 9.80 Å². The fourth-order valence-electron chi connectivity index (χ4n) is 1.96. The van der Waals surface area contributed by atoms with E-state index in [4.69, 9.17) is 5.41 Å². The first-order chi connectivity index (χ1) is 6.52. The molecule has 3 heteroatoms. The summed E-state index contributed by atoms with van der Waals surface area (Å²) < 4.78 is 0. The topological polar surface area (TPSA) is 30.3 Å². The second-order valence-corrected chi connectivity index (χ2v) is 4.75. The van der Waals surface area contributed by atoms with Crippen molar-refractivity contribution in [2.75, 3.05) is 27.2 Å². The lowest BCUT2D eigenvalue weighted by atomic mass is 10.0. The van der Waals surface area contributed by atoms with Gasteiger partial charge in [-0.05, 0) is 26.9 Å². The van der Waals surface area contributed by atoms with Crippen LogP contribution in [0.1, 0.15) is 26.7 Å². The second kappa shape index (κ2) is 4.78. The molecule has 1 fully saturated rings. The summed E-state index contributed by atoms with van der Waals surface area (Å²) in [5, 5.41) is 7.98. The van der Waals surface area contributed by atoms with Crippen LogP contribution in [0.25, 0.3) is 0 Å². The third kappa shape index (κ3) is 2.71. The van der Waals surface area contributed by atoms with E-state index < -0.39 is 0 Å². The normalized spacial score (nSPS) is 23.3. The van der Waals surface area contributed by atoms with Gasteiger partial charge in [0, 0.05) is 25.0 Å². The van der Waals surface area contributed by atoms with Gasteiger partial charge in [0.2, 0.25) is 0 Å². The van der Waals surface area contributed by atoms with Crippen LogP contribution in [0.3, 0.4) is 0 Å². The van der Waals surface area contributed by atoms with Crippen molar-refractivity contribution in [2.24, 2.45) is 5.92 Å². The van der Waals surface area contributed by atoms with E-state index in [0.717, 1.165) is 18.9 Å². The molecular weight excluding hydrogens is 174 g/mol. The minimum atomic E-state index is 0.357. The molecule has 1 rings (SSSR count). The Balaban J connectivity index is 2.51. The van der Waals surface area contributed by atoms with Gasteiger partial charge >= 0.3 is 0 Å². The van der Waals surface area contributed by atoms with Gasteiger partial charge in [-0.2, -0.15) is 0 Å². The molecule has 0 aromatic heterocycles. The summed E-state index contributed by atoms with van der Waals surface area (Å²) in [5.74, 6) is 1.16. The van der Waals surface area contributed by atoms with Crippen LogP contribution in [0, 0.1) is 11.3 Å². The van der Waals surface area contributed by atoms with Crippen LogP contribution in [-0.2, 0) is 0 Å². The van der Waals surface area contributed by atoms with Crippen LogP contribution in [0.4, 0.5) is 0 Å². The van der Waals surface area contributed by atoms with Crippen molar-refractivity contribution in [3.63, 3.8) is 0 Å². The van der Waals surface area contributed by atoms with Gasteiger partial charge in [0.15, 0.2) is 0 Å². The first kappa shape index (κ1) is 11.5. The number of piperidine rings is 1. The summed E-state index contributed by atoms with van der Waals surface area (Å²) in [6.45, 7) is 6.30. The largest absolute Gasteiger partial charge is 0.359 e. The molecule has 1 heterocycles. The monoisotopic (exact) mass is 197 g/mol. The third-order valence-electron chi connectivity index (χ3n) is 3.01. The molecule has 0 aliphatic carbocycles. The fraction of sp³-hybridized carbons (Fsp3) is 0.909. The number of likely N-dealkylation sites (N-methyl/N-ethyl adjacent to an activating group) is 1. The van der Waals surface area contributed by atoms with E-state index in [0.29, 0.717) is 12.0 Å². The van der Waals surface area contributed by atoms with Gasteiger partial charge in [-0.15, -0.1) is 0 Å². The van der Waals surface area contributed by atoms with E-state index in [9.17, 15) is 0 Å². The summed E-state index contributed by atoms with van der Waals surface area (Å²) in [6, 6.07) is 0.628. The van der Waals surface area contributed by atoms with Gasteiger partial charge in [0.25, 0.3) is 0 Å². The summed E-state index contributed by atoms with van der Waals surface area (Å²) in [7, 11) is 4.26. The molecule has 0 aromatic carbocycles. The van der Waals surface area contributed by atoms with Gasteiger partial charge in [0.1, 0.15) is 0 Å². The van der Waals surface area contributed by atoms with Crippen molar-refractivity contribution in [1.29, 1.82) is 5.41 Å². The van der Waals surface area contributed by atoms with Gasteiger partial charge in [-0.25, -0.2) is 0 Å². The predicted molar refractivity (Wildman–Crippen MR) is 60.8 cm³/mol. The molecule has 1 N–H and O–H groups in total. The zero-order chi connectivity index (χ0) is 10.7. The van der Waals surface area contributed by atoms with Crippen LogP contribution in [0.15, 0.2) is 0 Å². The molecule has 1 aliphatic rings. The molecule has 0 saturated carbocycles. The van der Waals surface area contributed by atoms with E-state index in [1.165, 1.54) is 12.8 Å². The highest BCUT2D eigenvalue weighted by Gasteiger charge is 2.23. The van der Waals surface area contributed by atoms with Crippen LogP contribution < -0.4 is 0 Å². The molecule has 0 radical (unpaired) electrons. The molecule has 0 aromatic rings. The molecule has 1 unspecified atom stereocenters. The quantitative estimate of drug-likeness (QED) is 0.539. The molecule has 0 amide bonds. The van der Waals surface area contributed by atoms with Crippen LogP contribution in [-0.4, -0.2) is 48.9 Å². The SMILES string of the molecule is CC(C)C(=N)N1CCCC(N(C)C)C1. The van der Waals surface area contributed by atoms with E-state index in [2.05, 4.69) is 37.7 Å². The molecule has 1 aliphatic heterocycles. The first-order valence-electron chi connectivity index (χ1n) is 5.52. The van der Waals surface area contributed by atoms with Crippen LogP contribution in [0.5, 0.6) is 0 Å². The average Bonchev–Trinajstić information content (AvgIpc) is 2.16. The van der Waals surface area contributed by atoms with E-state index in [1.54, 1.807) is 0 Å². The number of nitrogens with one attached hydrogen (secondary N) is 1. The standard InChI is InChI=1S/C11H23N3/c1-9(2)11(12)14-7-5-6-10(8-14)13(3)4/h9-10,12H,5-8H2,1-4H3. The summed E-state index contributed by atoms with van der Waals surface area (Å²) in [4.78, 5) is 4.51. The number of rotatable bonds is 2. The number of nitrogens with zero attached hydrogens (tertiary/aromatic N) is 2. The molecule has 0 bridgehead atoms. The lowest BCUT2D eigenvalue weighted by molar-refractivity contribution is 0.180. The Hall–Kier alpha value is -0.570. The minimum Gasteiger partial charge on any atom is -0.359 e. The first-order valence-corrected chi connectivity index (χ1v) is 5.52. The zero-order valence-electron chi connectivity index (χ0n) is 9.88. The summed E-state index contributed by atoms with van der Waals surface area (Å²) in [5.41, 5.74) is 0. The molecule has 0 spiro atoms. The average molecular weight is 197 g/mol. The highest BCUT2D eigenvalue weighted by Crippen LogP contribution is 2.15. The van der Waals surface area contributed by atoms with E-state index in [-0.39, 0.29) is 0 Å². The second-order valence-electron chi connectivity index (χ2n) is 4.75. The molecule has 1 saturated heterocycles. The highest BCUT2D eigenvalue weighted by atomic mass is 15.2. The molecular formula is C11H23N3. The van der Waals surface area contributed by atoms with Crippen molar-refractivity contribution in [3.8, 4) is 0 Å². The molecule has 14 heavy (non-hydrogen) atoms. The van der Waals surface area contributed by atoms with Crippen molar-refractivity contribution < 1.29 is 0 Å². The summed E-state index contributed by atoms with van der Waals surface area (Å²) >= 11 is 0. The van der Waals surface area contributed by atoms with Crippen molar-refractivity contribution in [2.45, 2.75) is 32.7 Å². The van der Waals surface area contributed by atoms with Crippen LogP contribution >= 0.6 is 0 Å².